The van der Waals surface area contributed by atoms with Crippen LogP contribution in [0.15, 0.2) is 52.4 Å². The lowest BCUT2D eigenvalue weighted by molar-refractivity contribution is -0.113. The molecule has 2 aromatic rings. The molecule has 0 unspecified atom stereocenters. The third-order valence-electron chi connectivity index (χ3n) is 4.21. The van der Waals surface area contributed by atoms with Crippen molar-refractivity contribution in [1.82, 2.24) is 0 Å². The molecule has 7 nitrogen and oxygen atoms in total. The molecule has 1 amide bonds. The van der Waals surface area contributed by atoms with Gasteiger partial charge in [-0.1, -0.05) is 23.8 Å². The van der Waals surface area contributed by atoms with Crippen LogP contribution in [0.25, 0.3) is 6.08 Å². The second kappa shape index (κ2) is 11.4. The topological polar surface area (TPSA) is 92.4 Å². The molecule has 1 heterocycles. The van der Waals surface area contributed by atoms with Gasteiger partial charge in [0.25, 0.3) is 5.91 Å². The first kappa shape index (κ1) is 22.7. The summed E-state index contributed by atoms with van der Waals surface area (Å²) in [5.74, 6) is 1.71. The van der Waals surface area contributed by atoms with Gasteiger partial charge in [-0.25, -0.2) is 0 Å². The number of nitrogens with zero attached hydrogens (tertiary/aromatic N) is 1. The average Bonchev–Trinajstić information content (AvgIpc) is 3.06. The number of aliphatic imine (C=N–C) groups is 1. The second-order valence-electron chi connectivity index (χ2n) is 6.63. The Labute approximate surface area is 186 Å². The zero-order valence-corrected chi connectivity index (χ0v) is 18.4. The summed E-state index contributed by atoms with van der Waals surface area (Å²) >= 11 is 1.15. The van der Waals surface area contributed by atoms with Crippen LogP contribution in [-0.4, -0.2) is 44.1 Å². The lowest BCUT2D eigenvalue weighted by atomic mass is 10.2. The van der Waals surface area contributed by atoms with Crippen LogP contribution in [0.2, 0.25) is 0 Å². The Balaban J connectivity index is 1.44. The smallest absolute Gasteiger partial charge is 0.286 e. The van der Waals surface area contributed by atoms with Gasteiger partial charge in [-0.3, -0.25) is 4.79 Å². The van der Waals surface area contributed by atoms with E-state index in [-0.39, 0.29) is 11.1 Å². The predicted molar refractivity (Wildman–Crippen MR) is 123 cm³/mol. The first-order valence-electron chi connectivity index (χ1n) is 10.00. The lowest BCUT2D eigenvalue weighted by Crippen LogP contribution is -2.12. The molecule has 2 N–H and O–H groups in total. The quantitative estimate of drug-likeness (QED) is 0.418. The molecule has 2 aromatic carbocycles. The van der Waals surface area contributed by atoms with Gasteiger partial charge in [0.15, 0.2) is 16.7 Å². The molecule has 0 spiro atoms. The summed E-state index contributed by atoms with van der Waals surface area (Å²) in [6.07, 6.45) is 1.74. The summed E-state index contributed by atoms with van der Waals surface area (Å²) in [6, 6.07) is 13.4. The van der Waals surface area contributed by atoms with E-state index in [1.54, 1.807) is 6.08 Å². The lowest BCUT2D eigenvalue weighted by Gasteiger charge is -2.13. The molecule has 0 saturated carbocycles. The number of hydrogen-bond acceptors (Lipinski definition) is 7. The highest BCUT2D eigenvalue weighted by atomic mass is 32.2. The fourth-order valence-corrected chi connectivity index (χ4v) is 3.43. The van der Waals surface area contributed by atoms with Crippen molar-refractivity contribution < 1.29 is 23.7 Å². The number of benzene rings is 2. The molecule has 0 aliphatic carbocycles. The number of amides is 1. The molecule has 0 saturated heterocycles. The molecule has 0 aromatic heterocycles. The molecule has 0 radical (unpaired) electrons. The molecule has 1 aliphatic heterocycles. The molecular weight excluding hydrogens is 416 g/mol. The highest BCUT2D eigenvalue weighted by Crippen LogP contribution is 2.32. The van der Waals surface area contributed by atoms with E-state index in [1.165, 1.54) is 5.56 Å². The van der Waals surface area contributed by atoms with Crippen LogP contribution in [0.4, 0.5) is 0 Å². The maximum Gasteiger partial charge on any atom is 0.286 e. The Bertz CT molecular complexity index is 957. The van der Waals surface area contributed by atoms with E-state index in [0.717, 1.165) is 23.1 Å². The molecule has 0 atom stereocenters. The van der Waals surface area contributed by atoms with Crippen molar-refractivity contribution in [2.45, 2.75) is 13.8 Å². The first-order chi connectivity index (χ1) is 15.0. The summed E-state index contributed by atoms with van der Waals surface area (Å²) in [6.45, 7) is 6.18. The van der Waals surface area contributed by atoms with Crippen molar-refractivity contribution in [2.75, 3.05) is 33.0 Å². The predicted octanol–water partition coefficient (Wildman–Crippen LogP) is 3.80. The maximum atomic E-state index is 11.8. The first-order valence-corrected chi connectivity index (χ1v) is 10.8. The van der Waals surface area contributed by atoms with E-state index in [2.05, 4.69) is 4.99 Å². The molecule has 3 rings (SSSR count). The minimum Gasteiger partial charge on any atom is -0.491 e. The number of nitrogens with two attached hydrogens (primary N) is 1. The fraction of sp³-hybridized carbons (Fsp3) is 0.304. The summed E-state index contributed by atoms with van der Waals surface area (Å²) in [5, 5.41) is 0.255. The van der Waals surface area contributed by atoms with Crippen molar-refractivity contribution in [1.29, 1.82) is 0 Å². The molecule has 8 heteroatoms. The van der Waals surface area contributed by atoms with Gasteiger partial charge in [0.1, 0.15) is 19.0 Å². The Kier molecular flexibility index (Phi) is 8.37. The van der Waals surface area contributed by atoms with Crippen LogP contribution in [0, 0.1) is 6.92 Å². The molecule has 1 aliphatic rings. The van der Waals surface area contributed by atoms with E-state index in [4.69, 9.17) is 24.7 Å². The summed E-state index contributed by atoms with van der Waals surface area (Å²) in [7, 11) is 0. The molecule has 31 heavy (non-hydrogen) atoms. The molecule has 164 valence electrons. The SMILES string of the molecule is CCOc1cc(/C=C2/SC(N)=NC2=O)ccc1OCCOCCOc1ccc(C)cc1. The molecule has 0 bridgehead atoms. The summed E-state index contributed by atoms with van der Waals surface area (Å²) < 4.78 is 22.7. The van der Waals surface area contributed by atoms with Crippen LogP contribution in [0.5, 0.6) is 17.2 Å². The third kappa shape index (κ3) is 7.04. The van der Waals surface area contributed by atoms with Gasteiger partial charge in [-0.15, -0.1) is 0 Å². The average molecular weight is 443 g/mol. The number of carbonyl (C=O) groups is 1. The third-order valence-corrected chi connectivity index (χ3v) is 5.02. The van der Waals surface area contributed by atoms with Gasteiger partial charge in [0, 0.05) is 0 Å². The van der Waals surface area contributed by atoms with E-state index in [0.29, 0.717) is 49.4 Å². The zero-order valence-electron chi connectivity index (χ0n) is 17.6. The van der Waals surface area contributed by atoms with Crippen LogP contribution < -0.4 is 19.9 Å². The second-order valence-corrected chi connectivity index (χ2v) is 7.69. The number of carbonyl (C=O) groups excluding carboxylic acids is 1. The fourth-order valence-electron chi connectivity index (χ4n) is 2.74. The van der Waals surface area contributed by atoms with Crippen LogP contribution in [-0.2, 0) is 9.53 Å². The zero-order chi connectivity index (χ0) is 22.1. The monoisotopic (exact) mass is 442 g/mol. The number of aryl methyl sites for hydroxylation is 1. The Morgan fingerprint density at radius 3 is 2.39 bits per heavy atom. The minimum absolute atomic E-state index is 0.255. The minimum atomic E-state index is -0.329. The van der Waals surface area contributed by atoms with Gasteiger partial charge < -0.3 is 24.7 Å². The van der Waals surface area contributed by atoms with E-state index < -0.39 is 0 Å². The standard InChI is InChI=1S/C23H26N2O5S/c1-3-28-20-14-17(15-21-22(26)25-23(24)31-21)6-9-19(20)30-13-11-27-10-12-29-18-7-4-16(2)5-8-18/h4-9,14-15H,3,10-13H2,1-2H3,(H2,24,25,26)/b21-15+. The number of amidine groups is 1. The van der Waals surface area contributed by atoms with Crippen molar-refractivity contribution in [3.05, 3.63) is 58.5 Å². The highest BCUT2D eigenvalue weighted by molar-refractivity contribution is 8.18. The summed E-state index contributed by atoms with van der Waals surface area (Å²) in [5.41, 5.74) is 7.59. The van der Waals surface area contributed by atoms with Gasteiger partial charge in [-0.2, -0.15) is 4.99 Å². The van der Waals surface area contributed by atoms with E-state index in [9.17, 15) is 4.79 Å². The molecular formula is C23H26N2O5S. The van der Waals surface area contributed by atoms with Crippen molar-refractivity contribution in [2.24, 2.45) is 10.7 Å². The van der Waals surface area contributed by atoms with Crippen molar-refractivity contribution in [3.8, 4) is 17.2 Å². The normalized spacial score (nSPS) is 14.6. The molecule has 0 fully saturated rings. The van der Waals surface area contributed by atoms with Crippen molar-refractivity contribution in [3.63, 3.8) is 0 Å². The highest BCUT2D eigenvalue weighted by Gasteiger charge is 2.19. The van der Waals surface area contributed by atoms with Gasteiger partial charge in [0.05, 0.1) is 24.7 Å². The van der Waals surface area contributed by atoms with Crippen molar-refractivity contribution >= 4 is 28.9 Å². The number of ether oxygens (including phenoxy) is 4. The Morgan fingerprint density at radius 2 is 1.71 bits per heavy atom. The van der Waals surface area contributed by atoms with E-state index in [1.807, 2.05) is 56.3 Å². The number of rotatable bonds is 11. The van der Waals surface area contributed by atoms with Crippen LogP contribution >= 0.6 is 11.8 Å². The number of hydrogen-bond donors (Lipinski definition) is 1. The van der Waals surface area contributed by atoms with Crippen LogP contribution in [0.3, 0.4) is 0 Å². The Morgan fingerprint density at radius 1 is 0.968 bits per heavy atom. The van der Waals surface area contributed by atoms with Gasteiger partial charge in [0.2, 0.25) is 0 Å². The number of thioether (sulfide) groups is 1. The Hall–Kier alpha value is -2.97. The maximum absolute atomic E-state index is 11.8. The summed E-state index contributed by atoms with van der Waals surface area (Å²) in [4.78, 5) is 16.0. The van der Waals surface area contributed by atoms with E-state index >= 15 is 0 Å². The van der Waals surface area contributed by atoms with Gasteiger partial charge >= 0.3 is 0 Å². The largest absolute Gasteiger partial charge is 0.491 e. The van der Waals surface area contributed by atoms with Gasteiger partial charge in [-0.05, 0) is 61.5 Å². The van der Waals surface area contributed by atoms with Crippen LogP contribution in [0.1, 0.15) is 18.1 Å².